The monoisotopic (exact) mass is 222 g/mol. The summed E-state index contributed by atoms with van der Waals surface area (Å²) in [5, 5.41) is 36.9. The molecule has 0 radical (unpaired) electrons. The summed E-state index contributed by atoms with van der Waals surface area (Å²) in [6.07, 6.45) is -7.18. The fraction of sp³-hybridized carbons (Fsp3) is 0.875. The van der Waals surface area contributed by atoms with Gasteiger partial charge in [0.1, 0.15) is 31.0 Å². The van der Waals surface area contributed by atoms with Crippen molar-refractivity contribution < 1.29 is 34.7 Å². The van der Waals surface area contributed by atoms with Crippen molar-refractivity contribution in [3.63, 3.8) is 0 Å². The Morgan fingerprint density at radius 3 is 2.33 bits per heavy atom. The zero-order chi connectivity index (χ0) is 11.6. The van der Waals surface area contributed by atoms with E-state index in [1.165, 1.54) is 6.92 Å². The van der Waals surface area contributed by atoms with Crippen LogP contribution in [0.3, 0.4) is 0 Å². The van der Waals surface area contributed by atoms with Gasteiger partial charge in [-0.25, -0.2) is 0 Å². The summed E-state index contributed by atoms with van der Waals surface area (Å²) in [7, 11) is 0. The molecule has 5 atom stereocenters. The molecule has 0 aromatic rings. The molecule has 1 aliphatic rings. The van der Waals surface area contributed by atoms with Crippen molar-refractivity contribution >= 4 is 5.97 Å². The molecule has 15 heavy (non-hydrogen) atoms. The van der Waals surface area contributed by atoms with Gasteiger partial charge in [0.25, 0.3) is 0 Å². The standard InChI is InChI=1S/C8H14O7/c1-3(9)14-2-4-5(10)6(11)7(12)8(13)15-4/h4-8,10-13H,2H2,1H3/t4-,5-,6+,7+,8+/m0/s1. The maximum absolute atomic E-state index is 10.5. The van der Waals surface area contributed by atoms with Gasteiger partial charge in [-0.05, 0) is 0 Å². The van der Waals surface area contributed by atoms with E-state index < -0.39 is 36.7 Å². The Balaban J connectivity index is 2.54. The Hall–Kier alpha value is -0.730. The first kappa shape index (κ1) is 12.3. The third-order valence-electron chi connectivity index (χ3n) is 2.14. The average Bonchev–Trinajstić information content (AvgIpc) is 2.18. The van der Waals surface area contributed by atoms with E-state index in [-0.39, 0.29) is 6.61 Å². The molecule has 88 valence electrons. The fourth-order valence-electron chi connectivity index (χ4n) is 1.27. The van der Waals surface area contributed by atoms with E-state index >= 15 is 0 Å². The van der Waals surface area contributed by atoms with Gasteiger partial charge in [-0.3, -0.25) is 4.79 Å². The van der Waals surface area contributed by atoms with Crippen LogP contribution in [0.1, 0.15) is 6.92 Å². The van der Waals surface area contributed by atoms with Crippen LogP contribution in [-0.4, -0.2) is 63.7 Å². The van der Waals surface area contributed by atoms with Crippen LogP contribution in [0.5, 0.6) is 0 Å². The van der Waals surface area contributed by atoms with Gasteiger partial charge in [-0.15, -0.1) is 0 Å². The fourth-order valence-corrected chi connectivity index (χ4v) is 1.27. The third kappa shape index (κ3) is 2.86. The van der Waals surface area contributed by atoms with Crippen molar-refractivity contribution in [1.82, 2.24) is 0 Å². The molecule has 1 saturated heterocycles. The predicted octanol–water partition coefficient (Wildman–Crippen LogP) is -2.65. The van der Waals surface area contributed by atoms with Gasteiger partial charge in [0.15, 0.2) is 6.29 Å². The lowest BCUT2D eigenvalue weighted by molar-refractivity contribution is -0.287. The van der Waals surface area contributed by atoms with Crippen molar-refractivity contribution in [2.24, 2.45) is 0 Å². The minimum Gasteiger partial charge on any atom is -0.463 e. The van der Waals surface area contributed by atoms with Crippen molar-refractivity contribution in [2.45, 2.75) is 37.6 Å². The number of hydrogen-bond acceptors (Lipinski definition) is 7. The molecule has 1 rings (SSSR count). The molecule has 0 bridgehead atoms. The molecule has 0 aromatic carbocycles. The molecule has 0 unspecified atom stereocenters. The molecule has 0 spiro atoms. The number of aliphatic hydroxyl groups is 4. The summed E-state index contributed by atoms with van der Waals surface area (Å²) < 4.78 is 9.31. The first-order valence-corrected chi connectivity index (χ1v) is 4.44. The molecular weight excluding hydrogens is 208 g/mol. The lowest BCUT2D eigenvalue weighted by Crippen LogP contribution is -2.58. The highest BCUT2D eigenvalue weighted by molar-refractivity contribution is 5.65. The Morgan fingerprint density at radius 2 is 1.80 bits per heavy atom. The van der Waals surface area contributed by atoms with Gasteiger partial charge in [-0.2, -0.15) is 0 Å². The molecular formula is C8H14O7. The van der Waals surface area contributed by atoms with Gasteiger partial charge in [0, 0.05) is 6.92 Å². The van der Waals surface area contributed by atoms with Crippen LogP contribution in [0.25, 0.3) is 0 Å². The Labute approximate surface area is 85.9 Å². The maximum atomic E-state index is 10.5. The molecule has 1 fully saturated rings. The number of esters is 1. The van der Waals surface area contributed by atoms with Crippen LogP contribution in [0, 0.1) is 0 Å². The number of hydrogen-bond donors (Lipinski definition) is 4. The topological polar surface area (TPSA) is 116 Å². The van der Waals surface area contributed by atoms with Crippen molar-refractivity contribution in [1.29, 1.82) is 0 Å². The van der Waals surface area contributed by atoms with Gasteiger partial charge >= 0.3 is 5.97 Å². The highest BCUT2D eigenvalue weighted by Gasteiger charge is 2.43. The predicted molar refractivity (Wildman–Crippen MR) is 45.5 cm³/mol. The molecule has 7 nitrogen and oxygen atoms in total. The average molecular weight is 222 g/mol. The molecule has 0 aromatic heterocycles. The van der Waals surface area contributed by atoms with E-state index in [2.05, 4.69) is 4.74 Å². The number of rotatable bonds is 2. The van der Waals surface area contributed by atoms with Crippen molar-refractivity contribution in [2.75, 3.05) is 6.61 Å². The van der Waals surface area contributed by atoms with E-state index in [1.807, 2.05) is 0 Å². The van der Waals surface area contributed by atoms with Crippen LogP contribution >= 0.6 is 0 Å². The van der Waals surface area contributed by atoms with Crippen LogP contribution in [-0.2, 0) is 14.3 Å². The zero-order valence-corrected chi connectivity index (χ0v) is 8.11. The Morgan fingerprint density at radius 1 is 1.20 bits per heavy atom. The number of carbonyl (C=O) groups excluding carboxylic acids is 1. The van der Waals surface area contributed by atoms with Crippen molar-refractivity contribution in [3.8, 4) is 0 Å². The Kier molecular flexibility index (Phi) is 4.00. The lowest BCUT2D eigenvalue weighted by Gasteiger charge is -2.37. The van der Waals surface area contributed by atoms with E-state index in [4.69, 9.17) is 14.9 Å². The minimum atomic E-state index is -1.61. The lowest BCUT2D eigenvalue weighted by atomic mass is 9.99. The summed E-state index contributed by atoms with van der Waals surface area (Å²) in [5.74, 6) is -0.569. The minimum absolute atomic E-state index is 0.294. The van der Waals surface area contributed by atoms with E-state index in [9.17, 15) is 15.0 Å². The molecule has 7 heteroatoms. The largest absolute Gasteiger partial charge is 0.463 e. The zero-order valence-electron chi connectivity index (χ0n) is 8.11. The number of ether oxygens (including phenoxy) is 2. The van der Waals surface area contributed by atoms with E-state index in [0.29, 0.717) is 0 Å². The van der Waals surface area contributed by atoms with E-state index in [0.717, 1.165) is 0 Å². The summed E-state index contributed by atoms with van der Waals surface area (Å²) >= 11 is 0. The quantitative estimate of drug-likeness (QED) is 0.377. The summed E-state index contributed by atoms with van der Waals surface area (Å²) in [4.78, 5) is 10.5. The SMILES string of the molecule is CC(=O)OC[C@@H]1O[C@@H](O)[C@H](O)[C@H](O)[C@H]1O. The molecule has 4 N–H and O–H groups in total. The van der Waals surface area contributed by atoms with Gasteiger partial charge in [0.2, 0.25) is 0 Å². The number of carbonyl (C=O) groups is 1. The van der Waals surface area contributed by atoms with Crippen molar-refractivity contribution in [3.05, 3.63) is 0 Å². The molecule has 0 aliphatic carbocycles. The Bertz CT molecular complexity index is 231. The molecule has 1 aliphatic heterocycles. The first-order valence-electron chi connectivity index (χ1n) is 4.44. The third-order valence-corrected chi connectivity index (χ3v) is 2.14. The van der Waals surface area contributed by atoms with Crippen LogP contribution in [0.4, 0.5) is 0 Å². The highest BCUT2D eigenvalue weighted by atomic mass is 16.6. The summed E-state index contributed by atoms with van der Waals surface area (Å²) in [6.45, 7) is 0.883. The first-order chi connectivity index (χ1) is 6.93. The normalized spacial score (nSPS) is 41.3. The van der Waals surface area contributed by atoms with E-state index in [1.54, 1.807) is 0 Å². The van der Waals surface area contributed by atoms with Crippen LogP contribution in [0.2, 0.25) is 0 Å². The van der Waals surface area contributed by atoms with Crippen LogP contribution < -0.4 is 0 Å². The second-order valence-corrected chi connectivity index (χ2v) is 3.34. The molecule has 0 amide bonds. The molecule has 1 heterocycles. The van der Waals surface area contributed by atoms with Gasteiger partial charge in [0.05, 0.1) is 0 Å². The highest BCUT2D eigenvalue weighted by Crippen LogP contribution is 2.19. The smallest absolute Gasteiger partial charge is 0.302 e. The summed E-state index contributed by atoms with van der Waals surface area (Å²) in [6, 6.07) is 0. The molecule has 0 saturated carbocycles. The number of aliphatic hydroxyl groups excluding tert-OH is 4. The second-order valence-electron chi connectivity index (χ2n) is 3.34. The van der Waals surface area contributed by atoms with Gasteiger partial charge in [-0.1, -0.05) is 0 Å². The maximum Gasteiger partial charge on any atom is 0.302 e. The second kappa shape index (κ2) is 4.86. The van der Waals surface area contributed by atoms with Gasteiger partial charge < -0.3 is 29.9 Å². The summed E-state index contributed by atoms with van der Waals surface area (Å²) in [5.41, 5.74) is 0. The van der Waals surface area contributed by atoms with Crippen LogP contribution in [0.15, 0.2) is 0 Å².